The van der Waals surface area contributed by atoms with Crippen molar-refractivity contribution >= 4 is 22.7 Å². The Balaban J connectivity index is 1.57. The van der Waals surface area contributed by atoms with E-state index in [2.05, 4.69) is 31.6 Å². The van der Waals surface area contributed by atoms with Gasteiger partial charge in [0.05, 0.1) is 23.0 Å². The highest BCUT2D eigenvalue weighted by Gasteiger charge is 2.39. The van der Waals surface area contributed by atoms with Gasteiger partial charge in [0.1, 0.15) is 0 Å². The molecule has 0 bridgehead atoms. The molecule has 3 rings (SSSR count). The second-order valence-corrected chi connectivity index (χ2v) is 5.28. The van der Waals surface area contributed by atoms with Crippen LogP contribution < -0.4 is 5.32 Å². The molecule has 112 valence electrons. The highest BCUT2D eigenvalue weighted by Crippen LogP contribution is 2.37. The van der Waals surface area contributed by atoms with Crippen molar-refractivity contribution in [3.63, 3.8) is 0 Å². The molecule has 0 saturated carbocycles. The van der Waals surface area contributed by atoms with E-state index >= 15 is 0 Å². The number of hydrogen-bond acceptors (Lipinski definition) is 6. The van der Waals surface area contributed by atoms with Crippen molar-refractivity contribution in [2.24, 2.45) is 10.2 Å². The number of aryl methyl sites for hydroxylation is 1. The largest absolute Gasteiger partial charge is 0.336 e. The number of aromatic nitrogens is 2. The van der Waals surface area contributed by atoms with Gasteiger partial charge in [0.15, 0.2) is 5.66 Å². The molecule has 7 nitrogen and oxygen atoms in total. The number of rotatable bonds is 6. The quantitative estimate of drug-likeness (QED) is 0.830. The van der Waals surface area contributed by atoms with E-state index in [0.29, 0.717) is 37.1 Å². The Morgan fingerprint density at radius 2 is 2.27 bits per heavy atom. The number of terminal acetylenes is 1. The molecule has 0 unspecified atom stereocenters. The first kappa shape index (κ1) is 14.2. The predicted molar refractivity (Wildman–Crippen MR) is 80.1 cm³/mol. The fourth-order valence-electron chi connectivity index (χ4n) is 2.22. The molecule has 3 heterocycles. The lowest BCUT2D eigenvalue weighted by Gasteiger charge is -2.09. The average Bonchev–Trinajstić information content (AvgIpc) is 3.21. The maximum atomic E-state index is 12.0. The SMILES string of the molecule is C#CCCC1(CCC(=O)Nc2cnc3onc(C)c3c2)N=N1. The predicted octanol–water partition coefficient (Wildman–Crippen LogP) is 2.83. The summed E-state index contributed by atoms with van der Waals surface area (Å²) in [5, 5.41) is 15.5. The van der Waals surface area contributed by atoms with Crippen LogP contribution >= 0.6 is 0 Å². The van der Waals surface area contributed by atoms with E-state index in [9.17, 15) is 4.79 Å². The molecule has 0 aliphatic carbocycles. The lowest BCUT2D eigenvalue weighted by atomic mass is 10.0. The monoisotopic (exact) mass is 297 g/mol. The van der Waals surface area contributed by atoms with E-state index in [1.165, 1.54) is 0 Å². The van der Waals surface area contributed by atoms with Crippen molar-refractivity contribution < 1.29 is 9.32 Å². The molecule has 0 atom stereocenters. The summed E-state index contributed by atoms with van der Waals surface area (Å²) in [4.78, 5) is 16.1. The molecule has 1 aliphatic heterocycles. The molecule has 0 saturated heterocycles. The fourth-order valence-corrected chi connectivity index (χ4v) is 2.22. The molecule has 2 aromatic rings. The van der Waals surface area contributed by atoms with E-state index in [4.69, 9.17) is 10.9 Å². The van der Waals surface area contributed by atoms with Gasteiger partial charge in [0, 0.05) is 25.7 Å². The smallest absolute Gasteiger partial charge is 0.258 e. The minimum absolute atomic E-state index is 0.104. The zero-order valence-electron chi connectivity index (χ0n) is 12.2. The van der Waals surface area contributed by atoms with Gasteiger partial charge in [0.2, 0.25) is 5.91 Å². The molecular weight excluding hydrogens is 282 g/mol. The number of nitrogens with one attached hydrogen (secondary N) is 1. The summed E-state index contributed by atoms with van der Waals surface area (Å²) in [7, 11) is 0. The van der Waals surface area contributed by atoms with Gasteiger partial charge >= 0.3 is 0 Å². The molecule has 0 spiro atoms. The molecular formula is C15H15N5O2. The molecule has 2 aromatic heterocycles. The minimum atomic E-state index is -0.434. The van der Waals surface area contributed by atoms with Gasteiger partial charge in [-0.3, -0.25) is 4.79 Å². The van der Waals surface area contributed by atoms with E-state index in [1.807, 2.05) is 6.92 Å². The van der Waals surface area contributed by atoms with Crippen LogP contribution in [0.15, 0.2) is 27.0 Å². The third kappa shape index (κ3) is 2.96. The summed E-state index contributed by atoms with van der Waals surface area (Å²) in [6.07, 6.45) is 9.00. The Hall–Kier alpha value is -2.75. The first-order valence-corrected chi connectivity index (χ1v) is 7.01. The maximum absolute atomic E-state index is 12.0. The number of hydrogen-bond donors (Lipinski definition) is 1. The van der Waals surface area contributed by atoms with E-state index in [1.54, 1.807) is 12.3 Å². The van der Waals surface area contributed by atoms with Crippen LogP contribution in [-0.4, -0.2) is 21.7 Å². The van der Waals surface area contributed by atoms with Gasteiger partial charge in [0.25, 0.3) is 5.71 Å². The molecule has 0 aromatic carbocycles. The molecule has 0 radical (unpaired) electrons. The molecule has 22 heavy (non-hydrogen) atoms. The second kappa shape index (κ2) is 5.56. The summed E-state index contributed by atoms with van der Waals surface area (Å²) in [5.74, 6) is 2.46. The van der Waals surface area contributed by atoms with Crippen molar-refractivity contribution in [3.8, 4) is 12.3 Å². The van der Waals surface area contributed by atoms with E-state index in [0.717, 1.165) is 11.1 Å². The molecule has 1 N–H and O–H groups in total. The number of nitrogens with zero attached hydrogens (tertiary/aromatic N) is 4. The molecule has 1 aliphatic rings. The number of carbonyl (C=O) groups excluding carboxylic acids is 1. The Kier molecular flexibility index (Phi) is 3.59. The van der Waals surface area contributed by atoms with Crippen LogP contribution in [0.4, 0.5) is 5.69 Å². The summed E-state index contributed by atoms with van der Waals surface area (Å²) < 4.78 is 5.03. The van der Waals surface area contributed by atoms with Crippen molar-refractivity contribution in [2.75, 3.05) is 5.32 Å². The van der Waals surface area contributed by atoms with Gasteiger partial charge in [-0.05, 0) is 13.0 Å². The minimum Gasteiger partial charge on any atom is -0.336 e. The van der Waals surface area contributed by atoms with Crippen molar-refractivity contribution in [2.45, 2.75) is 38.3 Å². The molecule has 7 heteroatoms. The summed E-state index contributed by atoms with van der Waals surface area (Å²) in [6.45, 7) is 1.82. The summed E-state index contributed by atoms with van der Waals surface area (Å²) in [6, 6.07) is 1.80. The van der Waals surface area contributed by atoms with Gasteiger partial charge < -0.3 is 9.84 Å². The second-order valence-electron chi connectivity index (χ2n) is 5.28. The van der Waals surface area contributed by atoms with Crippen molar-refractivity contribution in [3.05, 3.63) is 18.0 Å². The van der Waals surface area contributed by atoms with Crippen LogP contribution in [0.1, 0.15) is 31.4 Å². The van der Waals surface area contributed by atoms with Crippen LogP contribution in [0.2, 0.25) is 0 Å². The standard InChI is InChI=1S/C15H15N5O2/c1-3-4-6-15(19-20-15)7-5-13(21)17-11-8-12-10(2)18-22-14(12)16-9-11/h1,8-9H,4-7H2,2H3,(H,17,21). The topological polar surface area (TPSA) is 92.7 Å². The van der Waals surface area contributed by atoms with Crippen molar-refractivity contribution in [1.82, 2.24) is 10.1 Å². The maximum Gasteiger partial charge on any atom is 0.258 e. The highest BCUT2D eigenvalue weighted by molar-refractivity contribution is 5.92. The van der Waals surface area contributed by atoms with Crippen LogP contribution in [0.3, 0.4) is 0 Å². The van der Waals surface area contributed by atoms with Gasteiger partial charge in [-0.25, -0.2) is 4.98 Å². The Morgan fingerprint density at radius 3 is 3.00 bits per heavy atom. The fraction of sp³-hybridized carbons (Fsp3) is 0.400. The first-order valence-electron chi connectivity index (χ1n) is 7.01. The highest BCUT2D eigenvalue weighted by atomic mass is 16.5. The van der Waals surface area contributed by atoms with E-state index in [-0.39, 0.29) is 5.91 Å². The van der Waals surface area contributed by atoms with Crippen molar-refractivity contribution in [1.29, 1.82) is 0 Å². The molecule has 0 fully saturated rings. The van der Waals surface area contributed by atoms with Gasteiger partial charge in [-0.2, -0.15) is 10.2 Å². The first-order chi connectivity index (χ1) is 10.6. The van der Waals surface area contributed by atoms with Gasteiger partial charge in [-0.15, -0.1) is 12.3 Å². The van der Waals surface area contributed by atoms with Crippen LogP contribution in [0, 0.1) is 19.3 Å². The number of fused-ring (bicyclic) bond motifs is 1. The van der Waals surface area contributed by atoms with Crippen LogP contribution in [-0.2, 0) is 4.79 Å². The van der Waals surface area contributed by atoms with E-state index < -0.39 is 5.66 Å². The number of carbonyl (C=O) groups is 1. The number of anilines is 1. The lowest BCUT2D eigenvalue weighted by molar-refractivity contribution is -0.116. The normalized spacial score (nSPS) is 14.7. The summed E-state index contributed by atoms with van der Waals surface area (Å²) in [5.41, 5.74) is 1.38. The Labute approximate surface area is 127 Å². The number of pyridine rings is 1. The lowest BCUT2D eigenvalue weighted by Crippen LogP contribution is -2.17. The Morgan fingerprint density at radius 1 is 1.45 bits per heavy atom. The van der Waals surface area contributed by atoms with Crippen LogP contribution in [0.5, 0.6) is 0 Å². The number of amides is 1. The average molecular weight is 297 g/mol. The van der Waals surface area contributed by atoms with Gasteiger partial charge in [-0.1, -0.05) is 5.16 Å². The summed E-state index contributed by atoms with van der Waals surface area (Å²) >= 11 is 0. The van der Waals surface area contributed by atoms with Crippen LogP contribution in [0.25, 0.3) is 11.1 Å². The third-order valence-corrected chi connectivity index (χ3v) is 3.60. The zero-order valence-corrected chi connectivity index (χ0v) is 12.2. The zero-order chi connectivity index (χ0) is 15.6. The molecule has 1 amide bonds. The Bertz CT molecular complexity index is 781. The third-order valence-electron chi connectivity index (χ3n) is 3.60.